The fourth-order valence-electron chi connectivity index (χ4n) is 1.91. The number of rotatable bonds is 4. The highest BCUT2D eigenvalue weighted by Gasteiger charge is 2.19. The van der Waals surface area contributed by atoms with Gasteiger partial charge in [-0.1, -0.05) is 6.42 Å². The normalized spacial score (nSPS) is 21.6. The summed E-state index contributed by atoms with van der Waals surface area (Å²) < 4.78 is 28.0. The molecule has 0 aliphatic carbocycles. The summed E-state index contributed by atoms with van der Waals surface area (Å²) in [6.07, 6.45) is 6.32. The molecule has 0 aromatic carbocycles. The Kier molecular flexibility index (Phi) is 3.80. The number of nitrogens with zero attached hydrogens (tertiary/aromatic N) is 2. The van der Waals surface area contributed by atoms with E-state index in [0.717, 1.165) is 19.4 Å². The number of hydrogen-bond acceptors (Lipinski definition) is 4. The third kappa shape index (κ3) is 3.27. The van der Waals surface area contributed by atoms with Crippen molar-refractivity contribution >= 4 is 10.0 Å². The van der Waals surface area contributed by atoms with Gasteiger partial charge in [0.05, 0.1) is 6.33 Å². The van der Waals surface area contributed by atoms with Crippen molar-refractivity contribution in [1.29, 1.82) is 0 Å². The lowest BCUT2D eigenvalue weighted by Gasteiger charge is -2.23. The van der Waals surface area contributed by atoms with E-state index in [0.29, 0.717) is 6.54 Å². The Morgan fingerprint density at radius 1 is 1.59 bits per heavy atom. The molecule has 1 aliphatic rings. The lowest BCUT2D eigenvalue weighted by Crippen LogP contribution is -2.43. The predicted molar refractivity (Wildman–Crippen MR) is 64.0 cm³/mol. The first-order valence-corrected chi connectivity index (χ1v) is 7.27. The molecule has 1 aromatic rings. The van der Waals surface area contributed by atoms with Crippen molar-refractivity contribution in [2.45, 2.75) is 30.3 Å². The Bertz CT molecular complexity index is 462. The first kappa shape index (κ1) is 12.5. The van der Waals surface area contributed by atoms with Crippen molar-refractivity contribution in [2.75, 3.05) is 13.1 Å². The van der Waals surface area contributed by atoms with Crippen LogP contribution in [0.5, 0.6) is 0 Å². The van der Waals surface area contributed by atoms with Gasteiger partial charge in [0.25, 0.3) is 10.0 Å². The molecule has 2 N–H and O–H groups in total. The van der Waals surface area contributed by atoms with Gasteiger partial charge in [0, 0.05) is 25.8 Å². The number of nitrogens with one attached hydrogen (secondary N) is 2. The summed E-state index contributed by atoms with van der Waals surface area (Å²) in [5.41, 5.74) is 0. The average molecular weight is 258 g/mol. The Labute approximate surface area is 101 Å². The highest BCUT2D eigenvalue weighted by molar-refractivity contribution is 7.89. The summed E-state index contributed by atoms with van der Waals surface area (Å²) in [6, 6.07) is 0.238. The van der Waals surface area contributed by atoms with Crippen LogP contribution in [0.2, 0.25) is 0 Å². The minimum Gasteiger partial charge on any atom is -0.339 e. The zero-order valence-electron chi connectivity index (χ0n) is 9.89. The third-order valence-corrected chi connectivity index (χ3v) is 4.20. The van der Waals surface area contributed by atoms with E-state index in [1.165, 1.54) is 18.9 Å². The molecule has 0 saturated carbocycles. The summed E-state index contributed by atoms with van der Waals surface area (Å²) in [7, 11) is -1.72. The van der Waals surface area contributed by atoms with Gasteiger partial charge in [0.15, 0.2) is 5.03 Å². The zero-order chi connectivity index (χ0) is 12.3. The summed E-state index contributed by atoms with van der Waals surface area (Å²) in [5, 5.41) is 3.38. The standard InChI is InChI=1S/C10H18N4O2S/c1-14-7-10(12-8-14)17(15,16)13-6-9-4-2-3-5-11-9/h7-9,11,13H,2-6H2,1H3. The number of imidazole rings is 1. The SMILES string of the molecule is Cn1cnc(S(=O)(=O)NCC2CCCCN2)c1. The molecule has 96 valence electrons. The molecular weight excluding hydrogens is 240 g/mol. The van der Waals surface area contributed by atoms with Gasteiger partial charge < -0.3 is 9.88 Å². The van der Waals surface area contributed by atoms with Gasteiger partial charge in [-0.2, -0.15) is 0 Å². The van der Waals surface area contributed by atoms with Crippen molar-refractivity contribution in [3.05, 3.63) is 12.5 Å². The lowest BCUT2D eigenvalue weighted by molar-refractivity contribution is 0.398. The molecule has 2 rings (SSSR count). The van der Waals surface area contributed by atoms with Crippen LogP contribution in [-0.2, 0) is 17.1 Å². The van der Waals surface area contributed by atoms with Crippen molar-refractivity contribution in [1.82, 2.24) is 19.6 Å². The number of aryl methyl sites for hydroxylation is 1. The molecule has 1 fully saturated rings. The van der Waals surface area contributed by atoms with Gasteiger partial charge in [0.1, 0.15) is 0 Å². The van der Waals surface area contributed by atoms with E-state index in [9.17, 15) is 8.42 Å². The fourth-order valence-corrected chi connectivity index (χ4v) is 2.97. The van der Waals surface area contributed by atoms with Crippen LogP contribution in [0.15, 0.2) is 17.6 Å². The minimum atomic E-state index is -3.46. The number of sulfonamides is 1. The Morgan fingerprint density at radius 2 is 2.41 bits per heavy atom. The first-order valence-electron chi connectivity index (χ1n) is 5.79. The maximum absolute atomic E-state index is 11.9. The van der Waals surface area contributed by atoms with Crippen LogP contribution in [0, 0.1) is 0 Å². The van der Waals surface area contributed by atoms with Crippen LogP contribution in [0.4, 0.5) is 0 Å². The monoisotopic (exact) mass is 258 g/mol. The van der Waals surface area contributed by atoms with Crippen molar-refractivity contribution in [2.24, 2.45) is 7.05 Å². The Hall–Kier alpha value is -0.920. The van der Waals surface area contributed by atoms with Crippen molar-refractivity contribution < 1.29 is 8.42 Å². The van der Waals surface area contributed by atoms with Gasteiger partial charge in [-0.05, 0) is 19.4 Å². The molecule has 7 heteroatoms. The molecule has 1 unspecified atom stereocenters. The van der Waals surface area contributed by atoms with Crippen LogP contribution < -0.4 is 10.0 Å². The average Bonchev–Trinajstić information content (AvgIpc) is 2.76. The van der Waals surface area contributed by atoms with Gasteiger partial charge in [-0.3, -0.25) is 0 Å². The molecule has 17 heavy (non-hydrogen) atoms. The maximum atomic E-state index is 11.9. The van der Waals surface area contributed by atoms with Crippen molar-refractivity contribution in [3.63, 3.8) is 0 Å². The largest absolute Gasteiger partial charge is 0.339 e. The van der Waals surface area contributed by atoms with Gasteiger partial charge in [-0.25, -0.2) is 18.1 Å². The topological polar surface area (TPSA) is 76.0 Å². The van der Waals surface area contributed by atoms with Crippen LogP contribution in [-0.4, -0.2) is 37.1 Å². The second-order valence-electron chi connectivity index (χ2n) is 4.38. The van der Waals surface area contributed by atoms with E-state index in [1.807, 2.05) is 0 Å². The number of aromatic nitrogens is 2. The third-order valence-electron chi connectivity index (χ3n) is 2.89. The molecule has 6 nitrogen and oxygen atoms in total. The molecule has 0 radical (unpaired) electrons. The Morgan fingerprint density at radius 3 is 3.00 bits per heavy atom. The quantitative estimate of drug-likeness (QED) is 0.787. The van der Waals surface area contributed by atoms with Crippen LogP contribution >= 0.6 is 0 Å². The predicted octanol–water partition coefficient (Wildman–Crippen LogP) is -0.159. The van der Waals surface area contributed by atoms with Gasteiger partial charge in [-0.15, -0.1) is 0 Å². The second-order valence-corrected chi connectivity index (χ2v) is 6.09. The molecule has 0 amide bonds. The molecule has 1 saturated heterocycles. The molecule has 0 bridgehead atoms. The lowest BCUT2D eigenvalue weighted by atomic mass is 10.1. The molecule has 0 spiro atoms. The molecule has 1 aromatic heterocycles. The van der Waals surface area contributed by atoms with Crippen molar-refractivity contribution in [3.8, 4) is 0 Å². The van der Waals surface area contributed by atoms with Gasteiger partial charge >= 0.3 is 0 Å². The fraction of sp³-hybridized carbons (Fsp3) is 0.700. The van der Waals surface area contributed by atoms with E-state index >= 15 is 0 Å². The van der Waals surface area contributed by atoms with Crippen LogP contribution in [0.3, 0.4) is 0 Å². The second kappa shape index (κ2) is 5.16. The smallest absolute Gasteiger partial charge is 0.259 e. The molecule has 1 aliphatic heterocycles. The molecule has 1 atom stereocenters. The summed E-state index contributed by atoms with van der Waals surface area (Å²) in [5.74, 6) is 0. The van der Waals surface area contributed by atoms with E-state index in [2.05, 4.69) is 15.0 Å². The van der Waals surface area contributed by atoms with Crippen LogP contribution in [0.1, 0.15) is 19.3 Å². The van der Waals surface area contributed by atoms with E-state index in [-0.39, 0.29) is 11.1 Å². The summed E-state index contributed by atoms with van der Waals surface area (Å²) >= 11 is 0. The van der Waals surface area contributed by atoms with Crippen LogP contribution in [0.25, 0.3) is 0 Å². The van der Waals surface area contributed by atoms with E-state index < -0.39 is 10.0 Å². The number of hydrogen-bond donors (Lipinski definition) is 2. The highest BCUT2D eigenvalue weighted by atomic mass is 32.2. The van der Waals surface area contributed by atoms with E-state index in [1.54, 1.807) is 11.6 Å². The molecule has 2 heterocycles. The zero-order valence-corrected chi connectivity index (χ0v) is 10.7. The maximum Gasteiger partial charge on any atom is 0.259 e. The first-order chi connectivity index (χ1) is 8.08. The van der Waals surface area contributed by atoms with Gasteiger partial charge in [0.2, 0.25) is 0 Å². The molecular formula is C10H18N4O2S. The highest BCUT2D eigenvalue weighted by Crippen LogP contribution is 2.08. The summed E-state index contributed by atoms with van der Waals surface area (Å²) in [6.45, 7) is 1.40. The summed E-state index contributed by atoms with van der Waals surface area (Å²) in [4.78, 5) is 3.84. The number of piperidine rings is 1. The minimum absolute atomic E-state index is 0.0795. The Balaban J connectivity index is 1.93. The van der Waals surface area contributed by atoms with E-state index in [4.69, 9.17) is 0 Å².